The number of anilines is 1. The number of pyridine rings is 1. The number of rotatable bonds is 5. The van der Waals surface area contributed by atoms with Crippen LogP contribution in [0.15, 0.2) is 60.2 Å². The topological polar surface area (TPSA) is 70.4 Å². The van der Waals surface area contributed by atoms with Crippen molar-refractivity contribution >= 4 is 47.4 Å². The molecule has 1 aromatic carbocycles. The van der Waals surface area contributed by atoms with Crippen LogP contribution in [-0.4, -0.2) is 46.7 Å². The molecule has 0 bridgehead atoms. The van der Waals surface area contributed by atoms with E-state index in [1.165, 1.54) is 6.07 Å². The van der Waals surface area contributed by atoms with Crippen molar-refractivity contribution in [3.8, 4) is 5.69 Å². The van der Waals surface area contributed by atoms with E-state index in [1.807, 2.05) is 18.2 Å². The normalized spacial score (nSPS) is 16.2. The van der Waals surface area contributed by atoms with E-state index in [0.717, 1.165) is 30.9 Å². The zero-order valence-electron chi connectivity index (χ0n) is 17.0. The highest BCUT2D eigenvalue weighted by molar-refractivity contribution is 14.0. The molecular formula is C21H24ClFIN7. The molecule has 1 aliphatic rings. The van der Waals surface area contributed by atoms with Gasteiger partial charge in [0.05, 0.1) is 17.0 Å². The quantitative estimate of drug-likeness (QED) is 0.286. The van der Waals surface area contributed by atoms with Gasteiger partial charge < -0.3 is 20.1 Å². The van der Waals surface area contributed by atoms with E-state index in [-0.39, 0.29) is 35.8 Å². The Labute approximate surface area is 202 Å². The first-order chi connectivity index (χ1) is 14.6. The summed E-state index contributed by atoms with van der Waals surface area (Å²) in [5.41, 5.74) is 1.30. The summed E-state index contributed by atoms with van der Waals surface area (Å²) in [6.45, 7) is 2.11. The third kappa shape index (κ3) is 5.65. The molecule has 0 spiro atoms. The van der Waals surface area contributed by atoms with Gasteiger partial charge in [-0.05, 0) is 36.2 Å². The molecule has 31 heavy (non-hydrogen) atoms. The molecule has 0 saturated carbocycles. The lowest BCUT2D eigenvalue weighted by atomic mass is 10.2. The zero-order chi connectivity index (χ0) is 20.9. The summed E-state index contributed by atoms with van der Waals surface area (Å²) in [7, 11) is 1.72. The molecular weight excluding hydrogens is 532 g/mol. The molecule has 7 nitrogen and oxygen atoms in total. The van der Waals surface area contributed by atoms with Gasteiger partial charge >= 0.3 is 0 Å². The van der Waals surface area contributed by atoms with Gasteiger partial charge in [-0.25, -0.2) is 14.4 Å². The van der Waals surface area contributed by atoms with Gasteiger partial charge in [-0.1, -0.05) is 17.7 Å². The van der Waals surface area contributed by atoms with Crippen LogP contribution in [0.4, 0.5) is 10.2 Å². The molecule has 0 radical (unpaired) electrons. The predicted octanol–water partition coefficient (Wildman–Crippen LogP) is 3.62. The maximum atomic E-state index is 14.4. The molecule has 0 amide bonds. The molecule has 10 heteroatoms. The van der Waals surface area contributed by atoms with Crippen LogP contribution in [0.3, 0.4) is 0 Å². The fourth-order valence-electron chi connectivity index (χ4n) is 3.53. The number of imidazole rings is 1. The standard InChI is InChI=1S/C21H23ClFN7.HI/c1-24-21(28-16-6-9-29(13-16)20-17(22)3-2-7-26-20)27-12-15-4-5-19(18(23)11-15)30-10-8-25-14-30;/h2-5,7-8,10-11,14,16H,6,9,12-13H2,1H3,(H2,24,27,28);1H. The predicted molar refractivity (Wildman–Crippen MR) is 132 cm³/mol. The fraction of sp³-hybridized carbons (Fsp3) is 0.286. The molecule has 2 N–H and O–H groups in total. The first-order valence-corrected chi connectivity index (χ1v) is 10.1. The van der Waals surface area contributed by atoms with Crippen LogP contribution in [0.1, 0.15) is 12.0 Å². The first-order valence-electron chi connectivity index (χ1n) is 9.73. The Balaban J connectivity index is 0.00000272. The van der Waals surface area contributed by atoms with E-state index in [0.29, 0.717) is 23.2 Å². The number of hydrogen-bond donors (Lipinski definition) is 2. The number of benzene rings is 1. The van der Waals surface area contributed by atoms with Gasteiger partial charge in [-0.2, -0.15) is 0 Å². The maximum absolute atomic E-state index is 14.4. The summed E-state index contributed by atoms with van der Waals surface area (Å²) in [5.74, 6) is 1.18. The average Bonchev–Trinajstić information content (AvgIpc) is 3.44. The van der Waals surface area contributed by atoms with E-state index >= 15 is 0 Å². The number of nitrogens with one attached hydrogen (secondary N) is 2. The minimum absolute atomic E-state index is 0. The van der Waals surface area contributed by atoms with E-state index in [9.17, 15) is 4.39 Å². The molecule has 2 aromatic heterocycles. The number of aromatic nitrogens is 3. The zero-order valence-corrected chi connectivity index (χ0v) is 20.1. The van der Waals surface area contributed by atoms with Crippen molar-refractivity contribution in [2.75, 3.05) is 25.0 Å². The minimum Gasteiger partial charge on any atom is -0.353 e. The third-order valence-electron chi connectivity index (χ3n) is 5.05. The van der Waals surface area contributed by atoms with Gasteiger partial charge in [-0.3, -0.25) is 4.99 Å². The Morgan fingerprint density at radius 1 is 1.32 bits per heavy atom. The van der Waals surface area contributed by atoms with Crippen LogP contribution in [0.25, 0.3) is 5.69 Å². The second-order valence-corrected chi connectivity index (χ2v) is 7.47. The highest BCUT2D eigenvalue weighted by Gasteiger charge is 2.25. The largest absolute Gasteiger partial charge is 0.353 e. The highest BCUT2D eigenvalue weighted by Crippen LogP contribution is 2.25. The number of hydrogen-bond acceptors (Lipinski definition) is 4. The van der Waals surface area contributed by atoms with Crippen molar-refractivity contribution < 1.29 is 4.39 Å². The molecule has 0 aliphatic carbocycles. The van der Waals surface area contributed by atoms with Crippen molar-refractivity contribution in [3.05, 3.63) is 71.7 Å². The Hall–Kier alpha value is -2.40. The number of guanidine groups is 1. The Bertz CT molecular complexity index is 1030. The second-order valence-electron chi connectivity index (χ2n) is 7.07. The highest BCUT2D eigenvalue weighted by atomic mass is 127. The summed E-state index contributed by atoms with van der Waals surface area (Å²) in [6, 6.07) is 9.05. The van der Waals surface area contributed by atoms with Gasteiger partial charge in [0.2, 0.25) is 0 Å². The molecule has 3 aromatic rings. The van der Waals surface area contributed by atoms with Crippen LogP contribution < -0.4 is 15.5 Å². The molecule has 1 unspecified atom stereocenters. The molecule has 164 valence electrons. The van der Waals surface area contributed by atoms with E-state index in [1.54, 1.807) is 42.6 Å². The van der Waals surface area contributed by atoms with Gasteiger partial charge in [0.25, 0.3) is 0 Å². The first kappa shape index (κ1) is 23.3. The van der Waals surface area contributed by atoms with Gasteiger partial charge in [0.1, 0.15) is 11.6 Å². The maximum Gasteiger partial charge on any atom is 0.191 e. The van der Waals surface area contributed by atoms with Gasteiger partial charge in [0, 0.05) is 51.3 Å². The molecule has 1 fully saturated rings. The van der Waals surface area contributed by atoms with Crippen molar-refractivity contribution in [1.29, 1.82) is 0 Å². The van der Waals surface area contributed by atoms with Crippen LogP contribution in [0.5, 0.6) is 0 Å². The summed E-state index contributed by atoms with van der Waals surface area (Å²) in [6.07, 6.45) is 7.61. The molecule has 1 aliphatic heterocycles. The average molecular weight is 556 g/mol. The van der Waals surface area contributed by atoms with E-state index in [2.05, 4.69) is 30.5 Å². The minimum atomic E-state index is -0.297. The van der Waals surface area contributed by atoms with Gasteiger partial charge in [0.15, 0.2) is 5.96 Å². The number of aliphatic imine (C=N–C) groups is 1. The lowest BCUT2D eigenvalue weighted by Gasteiger charge is -2.20. The van der Waals surface area contributed by atoms with Crippen LogP contribution in [-0.2, 0) is 6.54 Å². The Kier molecular flexibility index (Phi) is 8.08. The SMILES string of the molecule is CN=C(NCc1ccc(-n2ccnc2)c(F)c1)NC1CCN(c2ncccc2Cl)C1.I. The monoisotopic (exact) mass is 555 g/mol. The molecule has 4 rings (SSSR count). The van der Waals surface area contributed by atoms with Gasteiger partial charge in [-0.15, -0.1) is 24.0 Å². The second kappa shape index (κ2) is 10.8. The third-order valence-corrected chi connectivity index (χ3v) is 5.34. The van der Waals surface area contributed by atoms with E-state index < -0.39 is 0 Å². The molecule has 3 heterocycles. The Morgan fingerprint density at radius 2 is 2.19 bits per heavy atom. The smallest absolute Gasteiger partial charge is 0.191 e. The van der Waals surface area contributed by atoms with Crippen LogP contribution >= 0.6 is 35.6 Å². The lowest BCUT2D eigenvalue weighted by molar-refractivity contribution is 0.613. The summed E-state index contributed by atoms with van der Waals surface area (Å²) < 4.78 is 16.1. The summed E-state index contributed by atoms with van der Waals surface area (Å²) >= 11 is 6.26. The molecule has 1 saturated heterocycles. The van der Waals surface area contributed by atoms with Crippen molar-refractivity contribution in [3.63, 3.8) is 0 Å². The lowest BCUT2D eigenvalue weighted by Crippen LogP contribution is -2.44. The summed E-state index contributed by atoms with van der Waals surface area (Å²) in [5, 5.41) is 7.33. The Morgan fingerprint density at radius 3 is 2.90 bits per heavy atom. The van der Waals surface area contributed by atoms with E-state index in [4.69, 9.17) is 11.6 Å². The number of halogens is 3. The fourth-order valence-corrected chi connectivity index (χ4v) is 3.77. The summed E-state index contributed by atoms with van der Waals surface area (Å²) in [4.78, 5) is 14.8. The molecule has 1 atom stereocenters. The van der Waals surface area contributed by atoms with Crippen LogP contribution in [0, 0.1) is 5.82 Å². The van der Waals surface area contributed by atoms with Crippen molar-refractivity contribution in [2.24, 2.45) is 4.99 Å². The number of nitrogens with zero attached hydrogens (tertiary/aromatic N) is 5. The van der Waals surface area contributed by atoms with Crippen molar-refractivity contribution in [2.45, 2.75) is 19.0 Å². The van der Waals surface area contributed by atoms with Crippen molar-refractivity contribution in [1.82, 2.24) is 25.2 Å². The van der Waals surface area contributed by atoms with Crippen LogP contribution in [0.2, 0.25) is 5.02 Å².